The van der Waals surface area contributed by atoms with Gasteiger partial charge in [-0.25, -0.2) is 0 Å². The fraction of sp³-hybridized carbons (Fsp3) is 0.811. The van der Waals surface area contributed by atoms with Crippen LogP contribution in [0.1, 0.15) is 81.1 Å². The van der Waals surface area contributed by atoms with Gasteiger partial charge in [0.05, 0.1) is 39.6 Å². The Hall–Kier alpha value is -2.47. The summed E-state index contributed by atoms with van der Waals surface area (Å²) in [5.74, 6) is -1.06. The van der Waals surface area contributed by atoms with E-state index in [4.69, 9.17) is 42.8 Å². The van der Waals surface area contributed by atoms with Gasteiger partial charge in [0.15, 0.2) is 11.6 Å². The molecule has 6 rings (SSSR count). The molecule has 6 heterocycles. The number of hydrogen-bond donors (Lipinski definition) is 0. The third-order valence-electron chi connectivity index (χ3n) is 10.2. The van der Waals surface area contributed by atoms with Gasteiger partial charge in [-0.15, -0.1) is 18.1 Å². The zero-order valence-corrected chi connectivity index (χ0v) is 32.5. The van der Waals surface area contributed by atoms with Crippen LogP contribution < -0.4 is 14.4 Å². The molecule has 2 unspecified atom stereocenters. The Labute approximate surface area is 308 Å². The molecule has 5 saturated heterocycles. The van der Waals surface area contributed by atoms with Crippen LogP contribution in [0, 0.1) is 0 Å². The molecule has 0 aliphatic carbocycles. The second-order valence-electron chi connectivity index (χ2n) is 17.1. The standard InChI is InChI=1S/C37H60N6O9/c1-11-15-49-42-32(3,4)23-36(24-33(42,5)6)47-21-27(51-36)19-45-30-38-29(41-13-17-44-18-14-41)39-31(40-30)46-20-28-22-48-37(52-28)25-34(7,8)43(50-16-12-2)35(9,10)26-37/h11-12,27-28H,1-2,13-26H2,3-10H3. The van der Waals surface area contributed by atoms with E-state index in [9.17, 15) is 0 Å². The maximum atomic E-state index is 6.61. The molecular formula is C37H60N6O9. The quantitative estimate of drug-likeness (QED) is 0.268. The summed E-state index contributed by atoms with van der Waals surface area (Å²) in [5.41, 5.74) is -1.37. The summed E-state index contributed by atoms with van der Waals surface area (Å²) in [6.07, 6.45) is 5.41. The molecule has 0 saturated carbocycles. The summed E-state index contributed by atoms with van der Waals surface area (Å²) in [6, 6.07) is 0.305. The summed E-state index contributed by atoms with van der Waals surface area (Å²) in [6.45, 7) is 29.2. The summed E-state index contributed by atoms with van der Waals surface area (Å²) < 4.78 is 44.0. The van der Waals surface area contributed by atoms with Crippen LogP contribution in [-0.2, 0) is 33.4 Å². The minimum absolute atomic E-state index is 0.153. The molecule has 2 atom stereocenters. The molecule has 52 heavy (non-hydrogen) atoms. The Bertz CT molecular complexity index is 1290. The van der Waals surface area contributed by atoms with Crippen molar-refractivity contribution in [2.24, 2.45) is 0 Å². The van der Waals surface area contributed by atoms with Crippen LogP contribution in [0.15, 0.2) is 25.3 Å². The topological polar surface area (TPSA) is 131 Å². The van der Waals surface area contributed by atoms with Crippen molar-refractivity contribution < 1.29 is 42.8 Å². The Morgan fingerprint density at radius 2 is 1.06 bits per heavy atom. The number of anilines is 1. The van der Waals surface area contributed by atoms with Crippen molar-refractivity contribution in [1.82, 2.24) is 25.1 Å². The van der Waals surface area contributed by atoms with Gasteiger partial charge in [-0.1, -0.05) is 12.2 Å². The number of hydroxylamine groups is 4. The van der Waals surface area contributed by atoms with E-state index in [0.717, 1.165) is 0 Å². The second kappa shape index (κ2) is 15.0. The number of aromatic nitrogens is 3. The van der Waals surface area contributed by atoms with Crippen LogP contribution >= 0.6 is 0 Å². The van der Waals surface area contributed by atoms with Crippen LogP contribution in [0.25, 0.3) is 0 Å². The smallest absolute Gasteiger partial charge is 0.324 e. The highest BCUT2D eigenvalue weighted by molar-refractivity contribution is 5.32. The van der Waals surface area contributed by atoms with Crippen LogP contribution in [0.4, 0.5) is 5.95 Å². The molecule has 5 fully saturated rings. The fourth-order valence-electron chi connectivity index (χ4n) is 9.11. The molecule has 15 nitrogen and oxygen atoms in total. The molecule has 5 aliphatic heterocycles. The highest BCUT2D eigenvalue weighted by atomic mass is 16.8. The molecule has 15 heteroatoms. The maximum Gasteiger partial charge on any atom is 0.324 e. The number of hydrogen-bond acceptors (Lipinski definition) is 15. The molecule has 2 spiro atoms. The van der Waals surface area contributed by atoms with Crippen molar-refractivity contribution in [1.29, 1.82) is 0 Å². The molecule has 1 aromatic heterocycles. The van der Waals surface area contributed by atoms with Crippen molar-refractivity contribution in [3.05, 3.63) is 25.3 Å². The van der Waals surface area contributed by atoms with Gasteiger partial charge in [-0.05, 0) is 55.4 Å². The van der Waals surface area contributed by atoms with Crippen LogP contribution in [0.5, 0.6) is 12.0 Å². The first-order valence-corrected chi connectivity index (χ1v) is 18.6. The summed E-state index contributed by atoms with van der Waals surface area (Å²) >= 11 is 0. The largest absolute Gasteiger partial charge is 0.460 e. The minimum Gasteiger partial charge on any atom is -0.460 e. The molecule has 0 N–H and O–H groups in total. The van der Waals surface area contributed by atoms with Gasteiger partial charge in [0.2, 0.25) is 5.95 Å². The maximum absolute atomic E-state index is 6.61. The predicted molar refractivity (Wildman–Crippen MR) is 192 cm³/mol. The number of nitrogens with zero attached hydrogens (tertiary/aromatic N) is 6. The number of piperidine rings is 2. The Morgan fingerprint density at radius 1 is 0.654 bits per heavy atom. The number of rotatable bonds is 13. The van der Waals surface area contributed by atoms with Gasteiger partial charge in [0, 0.05) is 60.9 Å². The first kappa shape index (κ1) is 39.2. The third kappa shape index (κ3) is 8.58. The van der Waals surface area contributed by atoms with Crippen molar-refractivity contribution in [2.75, 3.05) is 70.8 Å². The van der Waals surface area contributed by atoms with E-state index in [1.165, 1.54) is 0 Å². The first-order chi connectivity index (χ1) is 24.5. The lowest BCUT2D eigenvalue weighted by Crippen LogP contribution is -2.65. The monoisotopic (exact) mass is 732 g/mol. The Kier molecular flexibility index (Phi) is 11.3. The third-order valence-corrected chi connectivity index (χ3v) is 10.2. The van der Waals surface area contributed by atoms with Crippen LogP contribution in [0.2, 0.25) is 0 Å². The van der Waals surface area contributed by atoms with E-state index in [0.29, 0.717) is 84.4 Å². The second-order valence-corrected chi connectivity index (χ2v) is 17.1. The highest BCUT2D eigenvalue weighted by Gasteiger charge is 2.59. The van der Waals surface area contributed by atoms with Crippen molar-refractivity contribution in [2.45, 2.75) is 127 Å². The Balaban J connectivity index is 1.10. The lowest BCUT2D eigenvalue weighted by molar-refractivity contribution is -0.334. The van der Waals surface area contributed by atoms with Crippen molar-refractivity contribution in [3.63, 3.8) is 0 Å². The molecule has 0 amide bonds. The van der Waals surface area contributed by atoms with Gasteiger partial charge in [0.25, 0.3) is 0 Å². The lowest BCUT2D eigenvalue weighted by atomic mass is 9.78. The normalized spacial score (nSPS) is 29.0. The summed E-state index contributed by atoms with van der Waals surface area (Å²) in [7, 11) is 0. The average molecular weight is 733 g/mol. The van der Waals surface area contributed by atoms with E-state index in [-0.39, 0.29) is 59.6 Å². The van der Waals surface area contributed by atoms with Gasteiger partial charge in [-0.3, -0.25) is 9.68 Å². The number of morpholine rings is 1. The van der Waals surface area contributed by atoms with Gasteiger partial charge < -0.3 is 38.1 Å². The summed E-state index contributed by atoms with van der Waals surface area (Å²) in [5, 5.41) is 4.10. The fourth-order valence-corrected chi connectivity index (χ4v) is 9.11. The molecule has 1 aromatic rings. The van der Waals surface area contributed by atoms with Crippen molar-refractivity contribution >= 4 is 5.95 Å². The van der Waals surface area contributed by atoms with E-state index in [1.54, 1.807) is 12.2 Å². The summed E-state index contributed by atoms with van der Waals surface area (Å²) in [4.78, 5) is 28.1. The molecule has 292 valence electrons. The minimum atomic E-state index is -0.762. The Morgan fingerprint density at radius 3 is 1.44 bits per heavy atom. The average Bonchev–Trinajstić information content (AvgIpc) is 3.63. The molecular weight excluding hydrogens is 672 g/mol. The predicted octanol–water partition coefficient (Wildman–Crippen LogP) is 4.23. The van der Waals surface area contributed by atoms with Gasteiger partial charge in [-0.2, -0.15) is 20.1 Å². The van der Waals surface area contributed by atoms with Gasteiger partial charge >= 0.3 is 12.0 Å². The SMILES string of the molecule is C=CCON1C(C)(C)CC2(CC1(C)C)OCC(COc1nc(OCC3COC4(CC(C)(C)N(OCC=C)C(C)(C)C4)O3)nc(N3CCOCC3)n1)O2. The molecule has 5 aliphatic rings. The van der Waals surface area contributed by atoms with Gasteiger partial charge in [0.1, 0.15) is 25.4 Å². The zero-order chi connectivity index (χ0) is 37.4. The zero-order valence-electron chi connectivity index (χ0n) is 32.5. The van der Waals surface area contributed by atoms with E-state index in [2.05, 4.69) is 93.6 Å². The van der Waals surface area contributed by atoms with E-state index in [1.807, 2.05) is 4.90 Å². The lowest BCUT2D eigenvalue weighted by Gasteiger charge is -2.56. The molecule has 0 radical (unpaired) electrons. The highest BCUT2D eigenvalue weighted by Crippen LogP contribution is 2.50. The van der Waals surface area contributed by atoms with E-state index >= 15 is 0 Å². The van der Waals surface area contributed by atoms with E-state index < -0.39 is 11.6 Å². The van der Waals surface area contributed by atoms with Crippen LogP contribution in [0.3, 0.4) is 0 Å². The number of ether oxygens (including phenoxy) is 7. The first-order valence-electron chi connectivity index (χ1n) is 18.6. The van der Waals surface area contributed by atoms with Crippen molar-refractivity contribution in [3.8, 4) is 12.0 Å². The molecule has 0 bridgehead atoms. The van der Waals surface area contributed by atoms with Crippen LogP contribution in [-0.4, -0.2) is 137 Å². The molecule has 0 aromatic carbocycles.